The Labute approximate surface area is 375 Å². The standard InChI is InChI=1S/C42H60F2N6O11.C3H8/c1-10-12-33(48(7)37(52)23-46-41(54)38(25(2)3)47(5)6)35(58-8)22-36(51)49-24-29(61-42(55)60-28-17-15-27(16-18-28)50(56)57)21-34(49)39(59-9)26(4)40(53)45-20-19-30-31(43)13-11-14-32(30)44;1-3-2/h11,13-18,25-26,29,33-35,38-39H,10,12,19-24H2,1-9H3,(H,45,53)(H,46,54);3H2,1-2H3/t26?,29?,33-,34?,35?,38?,39?;/m0./s1. The van der Waals surface area contributed by atoms with E-state index in [1.165, 1.54) is 48.6 Å². The van der Waals surface area contributed by atoms with E-state index in [0.717, 1.165) is 24.3 Å². The average Bonchev–Trinajstić information content (AvgIpc) is 3.65. The van der Waals surface area contributed by atoms with Gasteiger partial charge in [0.05, 0.1) is 60.7 Å². The number of hydrogen-bond acceptors (Lipinski definition) is 12. The van der Waals surface area contributed by atoms with Gasteiger partial charge >= 0.3 is 6.16 Å². The van der Waals surface area contributed by atoms with Gasteiger partial charge in [0.2, 0.25) is 23.6 Å². The number of likely N-dealkylation sites (tertiary alicyclic amines) is 1. The van der Waals surface area contributed by atoms with Crippen molar-refractivity contribution in [3.05, 3.63) is 69.8 Å². The number of ether oxygens (including phenoxy) is 4. The lowest BCUT2D eigenvalue weighted by atomic mass is 9.93. The highest BCUT2D eigenvalue weighted by Crippen LogP contribution is 2.31. The lowest BCUT2D eigenvalue weighted by molar-refractivity contribution is -0.384. The average molecular weight is 907 g/mol. The fourth-order valence-electron chi connectivity index (χ4n) is 7.79. The van der Waals surface area contributed by atoms with Crippen LogP contribution in [0.3, 0.4) is 0 Å². The first-order valence-electron chi connectivity index (χ1n) is 21.6. The number of hydrogen-bond donors (Lipinski definition) is 2. The number of nitrogens with zero attached hydrogens (tertiary/aromatic N) is 4. The van der Waals surface area contributed by atoms with Crippen LogP contribution in [0.2, 0.25) is 0 Å². The maximum absolute atomic E-state index is 14.4. The van der Waals surface area contributed by atoms with Crippen molar-refractivity contribution in [1.29, 1.82) is 0 Å². The molecule has 1 heterocycles. The lowest BCUT2D eigenvalue weighted by Crippen LogP contribution is -2.53. The van der Waals surface area contributed by atoms with Gasteiger partial charge in [-0.1, -0.05) is 60.5 Å². The fraction of sp³-hybridized carbons (Fsp3) is 0.622. The molecule has 0 radical (unpaired) electrons. The van der Waals surface area contributed by atoms with Crippen LogP contribution in [0.1, 0.15) is 79.2 Å². The second-order valence-electron chi connectivity index (χ2n) is 16.3. The molecular formula is C45H68F2N6O11. The van der Waals surface area contributed by atoms with E-state index in [1.54, 1.807) is 33.0 Å². The van der Waals surface area contributed by atoms with Crippen molar-refractivity contribution in [2.45, 2.75) is 117 Å². The van der Waals surface area contributed by atoms with Gasteiger partial charge in [-0.25, -0.2) is 13.6 Å². The highest BCUT2D eigenvalue weighted by molar-refractivity contribution is 5.87. The Hall–Kier alpha value is -5.27. The molecule has 6 unspecified atom stereocenters. The summed E-state index contributed by atoms with van der Waals surface area (Å²) in [4.78, 5) is 82.4. The number of rotatable bonds is 22. The van der Waals surface area contributed by atoms with Gasteiger partial charge in [-0.2, -0.15) is 0 Å². The molecular weight excluding hydrogens is 839 g/mol. The van der Waals surface area contributed by atoms with Crippen LogP contribution in [0.4, 0.5) is 19.3 Å². The van der Waals surface area contributed by atoms with Gasteiger partial charge in [0, 0.05) is 51.9 Å². The number of nitro benzene ring substituents is 1. The molecule has 0 spiro atoms. The number of nitro groups is 1. The fourth-order valence-corrected chi connectivity index (χ4v) is 7.79. The molecule has 2 aromatic carbocycles. The summed E-state index contributed by atoms with van der Waals surface area (Å²) in [6.07, 6.45) is -1.90. The van der Waals surface area contributed by atoms with Crippen LogP contribution >= 0.6 is 0 Å². The number of carbonyl (C=O) groups excluding carboxylic acids is 5. The molecule has 1 aliphatic heterocycles. The van der Waals surface area contributed by atoms with Crippen molar-refractivity contribution in [2.24, 2.45) is 11.8 Å². The van der Waals surface area contributed by atoms with Crippen LogP contribution < -0.4 is 15.4 Å². The summed E-state index contributed by atoms with van der Waals surface area (Å²) in [7, 11) is 7.93. The Bertz CT molecular complexity index is 1810. The summed E-state index contributed by atoms with van der Waals surface area (Å²) in [6, 6.07) is 6.37. The zero-order chi connectivity index (χ0) is 48.3. The van der Waals surface area contributed by atoms with Gasteiger partial charge in [-0.05, 0) is 57.1 Å². The van der Waals surface area contributed by atoms with E-state index in [9.17, 15) is 42.9 Å². The number of benzene rings is 2. The Morgan fingerprint density at radius 2 is 1.53 bits per heavy atom. The Kier molecular flexibility index (Phi) is 23.3. The van der Waals surface area contributed by atoms with Crippen molar-refractivity contribution in [2.75, 3.05) is 55.0 Å². The van der Waals surface area contributed by atoms with Gasteiger partial charge in [-0.3, -0.25) is 34.2 Å². The first-order chi connectivity index (χ1) is 30.3. The van der Waals surface area contributed by atoms with Crippen LogP contribution in [-0.2, 0) is 39.8 Å². The van der Waals surface area contributed by atoms with Crippen molar-refractivity contribution in [3.63, 3.8) is 0 Å². The summed E-state index contributed by atoms with van der Waals surface area (Å²) in [5.74, 6) is -4.10. The third kappa shape index (κ3) is 16.1. The van der Waals surface area contributed by atoms with Gasteiger partial charge in [0.25, 0.3) is 5.69 Å². The quantitative estimate of drug-likeness (QED) is 0.0651. The third-order valence-electron chi connectivity index (χ3n) is 10.9. The lowest BCUT2D eigenvalue weighted by Gasteiger charge is -2.37. The van der Waals surface area contributed by atoms with Gasteiger partial charge in [-0.15, -0.1) is 0 Å². The van der Waals surface area contributed by atoms with Gasteiger partial charge in [0.1, 0.15) is 23.5 Å². The molecule has 1 aliphatic rings. The zero-order valence-corrected chi connectivity index (χ0v) is 39.1. The Balaban J connectivity index is 0.00000456. The van der Waals surface area contributed by atoms with E-state index in [1.807, 2.05) is 20.8 Å². The van der Waals surface area contributed by atoms with Crippen LogP contribution in [0.15, 0.2) is 42.5 Å². The number of amides is 4. The highest BCUT2D eigenvalue weighted by atomic mass is 19.1. The second kappa shape index (κ2) is 27.1. The van der Waals surface area contributed by atoms with Crippen LogP contribution in [0.5, 0.6) is 5.75 Å². The zero-order valence-electron chi connectivity index (χ0n) is 39.1. The van der Waals surface area contributed by atoms with Crippen molar-refractivity contribution in [1.82, 2.24) is 25.3 Å². The molecule has 1 fully saturated rings. The smallest absolute Gasteiger partial charge is 0.429 e. The monoisotopic (exact) mass is 906 g/mol. The third-order valence-corrected chi connectivity index (χ3v) is 10.9. The number of non-ortho nitro benzene ring substituents is 1. The second-order valence-corrected chi connectivity index (χ2v) is 16.3. The molecule has 1 saturated heterocycles. The summed E-state index contributed by atoms with van der Waals surface area (Å²) in [6.45, 7) is 11.1. The molecule has 0 aromatic heterocycles. The number of halogens is 2. The van der Waals surface area contributed by atoms with E-state index in [0.29, 0.717) is 12.8 Å². The molecule has 2 aromatic rings. The Morgan fingerprint density at radius 1 is 0.922 bits per heavy atom. The van der Waals surface area contributed by atoms with Crippen LogP contribution in [-0.4, -0.2) is 141 Å². The first-order valence-corrected chi connectivity index (χ1v) is 21.6. The molecule has 0 aliphatic carbocycles. The number of methoxy groups -OCH3 is 2. The summed E-state index contributed by atoms with van der Waals surface area (Å²) in [5, 5.41) is 16.5. The van der Waals surface area contributed by atoms with E-state index in [2.05, 4.69) is 24.5 Å². The summed E-state index contributed by atoms with van der Waals surface area (Å²) >= 11 is 0. The van der Waals surface area contributed by atoms with E-state index in [4.69, 9.17) is 18.9 Å². The summed E-state index contributed by atoms with van der Waals surface area (Å²) < 4.78 is 51.0. The van der Waals surface area contributed by atoms with Gasteiger partial charge < -0.3 is 39.4 Å². The molecule has 4 amide bonds. The van der Waals surface area contributed by atoms with Crippen molar-refractivity contribution in [3.8, 4) is 5.75 Å². The predicted molar refractivity (Wildman–Crippen MR) is 235 cm³/mol. The number of likely N-dealkylation sites (N-methyl/N-ethyl adjacent to an activating group) is 2. The summed E-state index contributed by atoms with van der Waals surface area (Å²) in [5.41, 5.74) is -0.392. The molecule has 0 bridgehead atoms. The number of carbonyl (C=O) groups is 5. The SMILES string of the molecule is CCC.CCC[C@@H](C(CC(=O)N1CC(OC(=O)Oc2ccc([N+](=O)[O-])cc2)CC1C(OC)C(C)C(=O)NCCc1c(F)cccc1F)OC)N(C)C(=O)CNC(=O)C(C(C)C)N(C)C. The molecule has 0 saturated carbocycles. The largest absolute Gasteiger partial charge is 0.514 e. The van der Waals surface area contributed by atoms with E-state index in [-0.39, 0.29) is 67.7 Å². The van der Waals surface area contributed by atoms with Crippen LogP contribution in [0.25, 0.3) is 0 Å². The minimum Gasteiger partial charge on any atom is -0.429 e. The topological polar surface area (TPSA) is 199 Å². The normalized spacial score (nSPS) is 17.0. The predicted octanol–water partition coefficient (Wildman–Crippen LogP) is 5.52. The van der Waals surface area contributed by atoms with Crippen molar-refractivity contribution < 1.29 is 56.6 Å². The van der Waals surface area contributed by atoms with Gasteiger partial charge in [0.15, 0.2) is 0 Å². The minimum absolute atomic E-state index is 0.00809. The first kappa shape index (κ1) is 54.9. The molecule has 17 nitrogen and oxygen atoms in total. The highest BCUT2D eigenvalue weighted by Gasteiger charge is 2.46. The van der Waals surface area contributed by atoms with Crippen LogP contribution in [0, 0.1) is 33.6 Å². The molecule has 3 rings (SSSR count). The van der Waals surface area contributed by atoms with Crippen molar-refractivity contribution >= 4 is 35.5 Å². The maximum atomic E-state index is 14.4. The molecule has 19 heteroatoms. The molecule has 358 valence electrons. The minimum atomic E-state index is -1.14. The Morgan fingerprint density at radius 3 is 2.05 bits per heavy atom. The molecule has 2 N–H and O–H groups in total. The number of nitrogens with one attached hydrogen (secondary N) is 2. The van der Waals surface area contributed by atoms with E-state index < -0.39 is 82.8 Å². The molecule has 7 atom stereocenters. The van der Waals surface area contributed by atoms with E-state index >= 15 is 0 Å². The maximum Gasteiger partial charge on any atom is 0.514 e. The molecule has 64 heavy (non-hydrogen) atoms.